The van der Waals surface area contributed by atoms with E-state index in [1.165, 1.54) is 0 Å². The van der Waals surface area contributed by atoms with Gasteiger partial charge >= 0.3 is 5.97 Å². The van der Waals surface area contributed by atoms with E-state index >= 15 is 0 Å². The van der Waals surface area contributed by atoms with Crippen LogP contribution in [0.4, 0.5) is 5.69 Å². The van der Waals surface area contributed by atoms with Crippen LogP contribution in [-0.4, -0.2) is 30.0 Å². The molecule has 0 heterocycles. The number of hydrogen-bond donors (Lipinski definition) is 1. The molecule has 1 aliphatic carbocycles. The van der Waals surface area contributed by atoms with Crippen LogP contribution >= 0.6 is 0 Å². The van der Waals surface area contributed by atoms with Gasteiger partial charge in [-0.05, 0) is 29.0 Å². The Labute approximate surface area is 188 Å². The third-order valence-corrected chi connectivity index (χ3v) is 5.55. The number of rotatable bonds is 4. The second-order valence-electron chi connectivity index (χ2n) is 7.62. The smallest absolute Gasteiger partial charge is 0.338 e. The second-order valence-corrected chi connectivity index (χ2v) is 7.62. The molecule has 0 unspecified atom stereocenters. The van der Waals surface area contributed by atoms with Crippen molar-refractivity contribution < 1.29 is 23.9 Å². The molecule has 4 aromatic rings. The van der Waals surface area contributed by atoms with Crippen molar-refractivity contribution in [3.05, 3.63) is 113 Å². The van der Waals surface area contributed by atoms with Crippen molar-refractivity contribution in [3.63, 3.8) is 0 Å². The van der Waals surface area contributed by atoms with Gasteiger partial charge in [-0.3, -0.25) is 14.4 Å². The molecule has 0 fully saturated rings. The molecule has 160 valence electrons. The molecule has 0 saturated carbocycles. The van der Waals surface area contributed by atoms with E-state index in [4.69, 9.17) is 4.74 Å². The van der Waals surface area contributed by atoms with Crippen molar-refractivity contribution in [2.24, 2.45) is 0 Å². The van der Waals surface area contributed by atoms with Gasteiger partial charge in [0, 0.05) is 16.7 Å². The van der Waals surface area contributed by atoms with Crippen LogP contribution < -0.4 is 5.32 Å². The van der Waals surface area contributed by atoms with E-state index in [2.05, 4.69) is 5.32 Å². The highest BCUT2D eigenvalue weighted by molar-refractivity contribution is 6.30. The first-order valence-corrected chi connectivity index (χ1v) is 10.3. The zero-order valence-corrected chi connectivity index (χ0v) is 17.3. The third-order valence-electron chi connectivity index (χ3n) is 5.55. The van der Waals surface area contributed by atoms with Crippen LogP contribution in [0.5, 0.6) is 0 Å². The minimum atomic E-state index is -0.633. The van der Waals surface area contributed by atoms with Crippen LogP contribution in [0.3, 0.4) is 0 Å². The van der Waals surface area contributed by atoms with Gasteiger partial charge in [0.1, 0.15) is 0 Å². The fraction of sp³-hybridized carbons (Fsp3) is 0.0370. The molecule has 1 amide bonds. The van der Waals surface area contributed by atoms with Crippen LogP contribution in [0.2, 0.25) is 0 Å². The largest absolute Gasteiger partial charge is 0.452 e. The number of amides is 1. The Kier molecular flexibility index (Phi) is 5.03. The first-order valence-electron chi connectivity index (χ1n) is 10.3. The predicted molar refractivity (Wildman–Crippen MR) is 123 cm³/mol. The number of benzene rings is 4. The lowest BCUT2D eigenvalue weighted by molar-refractivity contribution is -0.119. The number of anilines is 1. The molecule has 33 heavy (non-hydrogen) atoms. The van der Waals surface area contributed by atoms with E-state index in [0.717, 1.165) is 10.8 Å². The molecule has 0 saturated heterocycles. The zero-order valence-electron chi connectivity index (χ0n) is 17.3. The Morgan fingerprint density at radius 1 is 0.697 bits per heavy atom. The van der Waals surface area contributed by atoms with E-state index in [1.54, 1.807) is 54.6 Å². The topological polar surface area (TPSA) is 89.5 Å². The SMILES string of the molecule is O=C(COC(=O)c1ccc2ccccc2c1)Nc1cccc2c1C(=O)c1ccccc1C2=O. The molecule has 6 heteroatoms. The Balaban J connectivity index is 1.32. The number of carbonyl (C=O) groups excluding carboxylic acids is 4. The van der Waals surface area contributed by atoms with E-state index in [0.29, 0.717) is 16.7 Å². The quantitative estimate of drug-likeness (QED) is 0.423. The van der Waals surface area contributed by atoms with Crippen molar-refractivity contribution in [3.8, 4) is 0 Å². The molecule has 1 aliphatic rings. The highest BCUT2D eigenvalue weighted by atomic mass is 16.5. The maximum atomic E-state index is 13.0. The highest BCUT2D eigenvalue weighted by Crippen LogP contribution is 2.31. The lowest BCUT2D eigenvalue weighted by atomic mass is 9.83. The van der Waals surface area contributed by atoms with E-state index in [9.17, 15) is 19.2 Å². The van der Waals surface area contributed by atoms with E-state index < -0.39 is 18.5 Å². The summed E-state index contributed by atoms with van der Waals surface area (Å²) in [5.41, 5.74) is 1.52. The van der Waals surface area contributed by atoms with Gasteiger partial charge < -0.3 is 10.1 Å². The van der Waals surface area contributed by atoms with Gasteiger partial charge in [-0.2, -0.15) is 0 Å². The van der Waals surface area contributed by atoms with Crippen LogP contribution in [0, 0.1) is 0 Å². The summed E-state index contributed by atoms with van der Waals surface area (Å²) in [6.07, 6.45) is 0. The van der Waals surface area contributed by atoms with Gasteiger partial charge in [0.2, 0.25) is 0 Å². The molecule has 4 aromatic carbocycles. The molecule has 0 atom stereocenters. The lowest BCUT2D eigenvalue weighted by Gasteiger charge is -2.20. The van der Waals surface area contributed by atoms with Gasteiger partial charge in [0.25, 0.3) is 5.91 Å². The molecule has 0 radical (unpaired) electrons. The number of esters is 1. The average Bonchev–Trinajstić information content (AvgIpc) is 2.85. The van der Waals surface area contributed by atoms with Crippen LogP contribution in [-0.2, 0) is 9.53 Å². The average molecular weight is 435 g/mol. The van der Waals surface area contributed by atoms with Gasteiger partial charge in [-0.25, -0.2) is 4.79 Å². The van der Waals surface area contributed by atoms with Crippen LogP contribution in [0.1, 0.15) is 42.2 Å². The fourth-order valence-electron chi connectivity index (χ4n) is 3.97. The number of carbonyl (C=O) groups is 4. The van der Waals surface area contributed by atoms with E-state index in [-0.39, 0.29) is 28.4 Å². The monoisotopic (exact) mass is 435 g/mol. The van der Waals surface area contributed by atoms with Gasteiger partial charge in [0.15, 0.2) is 18.2 Å². The summed E-state index contributed by atoms with van der Waals surface area (Å²) >= 11 is 0. The lowest BCUT2D eigenvalue weighted by Crippen LogP contribution is -2.26. The summed E-state index contributed by atoms with van der Waals surface area (Å²) < 4.78 is 5.16. The summed E-state index contributed by atoms with van der Waals surface area (Å²) in [6.45, 7) is -0.534. The summed E-state index contributed by atoms with van der Waals surface area (Å²) in [5.74, 6) is -1.87. The van der Waals surface area contributed by atoms with Crippen LogP contribution in [0.25, 0.3) is 10.8 Å². The molecular weight excluding hydrogens is 418 g/mol. The summed E-state index contributed by atoms with van der Waals surface area (Å²) in [6, 6.07) is 24.0. The molecule has 1 N–H and O–H groups in total. The predicted octanol–water partition coefficient (Wildman–Crippen LogP) is 4.41. The number of fused-ring (bicyclic) bond motifs is 3. The van der Waals surface area contributed by atoms with Crippen molar-refractivity contribution in [1.29, 1.82) is 0 Å². The first-order chi connectivity index (χ1) is 16.0. The summed E-state index contributed by atoms with van der Waals surface area (Å²) in [4.78, 5) is 50.8. The third kappa shape index (κ3) is 3.68. The molecule has 6 nitrogen and oxygen atoms in total. The molecule has 0 bridgehead atoms. The summed E-state index contributed by atoms with van der Waals surface area (Å²) in [7, 11) is 0. The van der Waals surface area contributed by atoms with Crippen molar-refractivity contribution >= 4 is 39.9 Å². The molecule has 0 spiro atoms. The fourth-order valence-corrected chi connectivity index (χ4v) is 3.97. The van der Waals surface area contributed by atoms with E-state index in [1.807, 2.05) is 30.3 Å². The van der Waals surface area contributed by atoms with Crippen LogP contribution in [0.15, 0.2) is 84.9 Å². The maximum Gasteiger partial charge on any atom is 0.338 e. The number of ether oxygens (including phenoxy) is 1. The van der Waals surface area contributed by atoms with Gasteiger partial charge in [-0.15, -0.1) is 0 Å². The number of ketones is 2. The Hall–Kier alpha value is -4.58. The molecule has 0 aromatic heterocycles. The molecular formula is C27H17NO5. The minimum absolute atomic E-state index is 0.135. The minimum Gasteiger partial charge on any atom is -0.452 e. The van der Waals surface area contributed by atoms with Gasteiger partial charge in [-0.1, -0.05) is 66.7 Å². The summed E-state index contributed by atoms with van der Waals surface area (Å²) in [5, 5.41) is 4.47. The number of hydrogen-bond acceptors (Lipinski definition) is 5. The maximum absolute atomic E-state index is 13.0. The first kappa shape index (κ1) is 20.3. The molecule has 5 rings (SSSR count). The standard InChI is InChI=1S/C27H17NO5/c29-23(15-33-27(32)18-13-12-16-6-1-2-7-17(16)14-18)28-22-11-5-10-21-24(22)26(31)20-9-4-3-8-19(20)25(21)30/h1-14H,15H2,(H,28,29). The Morgan fingerprint density at radius 3 is 2.15 bits per heavy atom. The highest BCUT2D eigenvalue weighted by Gasteiger charge is 2.31. The Bertz CT molecular complexity index is 1470. The number of nitrogens with one attached hydrogen (secondary N) is 1. The zero-order chi connectivity index (χ0) is 22.9. The molecule has 0 aliphatic heterocycles. The Morgan fingerprint density at radius 2 is 1.36 bits per heavy atom. The van der Waals surface area contributed by atoms with Crippen molar-refractivity contribution in [1.82, 2.24) is 0 Å². The second kappa shape index (κ2) is 8.16. The van der Waals surface area contributed by atoms with Crippen molar-refractivity contribution in [2.75, 3.05) is 11.9 Å². The van der Waals surface area contributed by atoms with Gasteiger partial charge in [0.05, 0.1) is 16.8 Å². The normalized spacial score (nSPS) is 12.1. The van der Waals surface area contributed by atoms with Crippen molar-refractivity contribution in [2.45, 2.75) is 0 Å².